The van der Waals surface area contributed by atoms with E-state index in [2.05, 4.69) is 10.3 Å². The van der Waals surface area contributed by atoms with Gasteiger partial charge in [0.1, 0.15) is 5.65 Å². The minimum Gasteiger partial charge on any atom is -0.381 e. The van der Waals surface area contributed by atoms with E-state index in [4.69, 9.17) is 0 Å². The normalized spacial score (nSPS) is 10.8. The molecule has 0 bridgehead atoms. The largest absolute Gasteiger partial charge is 0.381 e. The Labute approximate surface area is 152 Å². The lowest BCUT2D eigenvalue weighted by Crippen LogP contribution is -2.11. The standard InChI is InChI=1S/C22H19N3O/c1-16-7-5-8-17(13-16)22(26)25-15-18(20-11-6-12-23-21(20)25)14-24-19-9-3-2-4-10-19/h2-13,15,24H,14H2,1H3. The average Bonchev–Trinajstić information content (AvgIpc) is 3.05. The first kappa shape index (κ1) is 16.1. The van der Waals surface area contributed by atoms with Gasteiger partial charge in [-0.15, -0.1) is 0 Å². The monoisotopic (exact) mass is 341 g/mol. The maximum atomic E-state index is 13.0. The first-order chi connectivity index (χ1) is 12.7. The number of para-hydroxylation sites is 1. The maximum absolute atomic E-state index is 13.0. The van der Waals surface area contributed by atoms with Crippen molar-refractivity contribution < 1.29 is 4.79 Å². The fourth-order valence-electron chi connectivity index (χ4n) is 3.09. The van der Waals surface area contributed by atoms with Crippen LogP contribution in [0.15, 0.2) is 79.1 Å². The Bertz CT molecular complexity index is 1070. The second kappa shape index (κ2) is 6.84. The Morgan fingerprint density at radius 1 is 1.04 bits per heavy atom. The minimum absolute atomic E-state index is 0.0663. The van der Waals surface area contributed by atoms with Crippen molar-refractivity contribution >= 4 is 22.6 Å². The number of benzene rings is 2. The van der Waals surface area contributed by atoms with E-state index in [-0.39, 0.29) is 5.91 Å². The van der Waals surface area contributed by atoms with Crippen LogP contribution in [-0.4, -0.2) is 15.5 Å². The number of fused-ring (bicyclic) bond motifs is 1. The molecule has 4 heteroatoms. The van der Waals surface area contributed by atoms with Gasteiger partial charge in [0.05, 0.1) is 0 Å². The lowest BCUT2D eigenvalue weighted by Gasteiger charge is -2.05. The lowest BCUT2D eigenvalue weighted by molar-refractivity contribution is 0.0964. The molecule has 0 aliphatic rings. The molecule has 4 nitrogen and oxygen atoms in total. The minimum atomic E-state index is -0.0663. The molecule has 0 spiro atoms. The lowest BCUT2D eigenvalue weighted by atomic mass is 10.1. The highest BCUT2D eigenvalue weighted by Gasteiger charge is 2.16. The molecule has 0 saturated heterocycles. The van der Waals surface area contributed by atoms with Gasteiger partial charge in [0.15, 0.2) is 0 Å². The van der Waals surface area contributed by atoms with Crippen molar-refractivity contribution in [3.05, 3.63) is 95.8 Å². The van der Waals surface area contributed by atoms with Gasteiger partial charge < -0.3 is 5.32 Å². The van der Waals surface area contributed by atoms with Gasteiger partial charge in [0.2, 0.25) is 0 Å². The first-order valence-corrected chi connectivity index (χ1v) is 8.57. The molecule has 0 aliphatic carbocycles. The number of nitrogens with one attached hydrogen (secondary N) is 1. The van der Waals surface area contributed by atoms with E-state index >= 15 is 0 Å². The summed E-state index contributed by atoms with van der Waals surface area (Å²) in [5.41, 5.74) is 4.49. The van der Waals surface area contributed by atoms with Crippen molar-refractivity contribution in [2.75, 3.05) is 5.32 Å². The van der Waals surface area contributed by atoms with E-state index in [1.807, 2.05) is 79.9 Å². The molecule has 0 amide bonds. The molecule has 0 atom stereocenters. The summed E-state index contributed by atoms with van der Waals surface area (Å²) in [6.07, 6.45) is 3.61. The number of nitrogens with zero attached hydrogens (tertiary/aromatic N) is 2. The molecule has 4 aromatic rings. The number of hydrogen-bond donors (Lipinski definition) is 1. The highest BCUT2D eigenvalue weighted by Crippen LogP contribution is 2.22. The molecule has 128 valence electrons. The van der Waals surface area contributed by atoms with Gasteiger partial charge in [0, 0.05) is 35.6 Å². The van der Waals surface area contributed by atoms with E-state index in [0.29, 0.717) is 17.8 Å². The van der Waals surface area contributed by atoms with Gasteiger partial charge in [-0.1, -0.05) is 35.9 Å². The third-order valence-corrected chi connectivity index (χ3v) is 4.39. The molecular weight excluding hydrogens is 322 g/mol. The van der Waals surface area contributed by atoms with Crippen molar-refractivity contribution in [2.24, 2.45) is 0 Å². The molecule has 2 heterocycles. The van der Waals surface area contributed by atoms with Crippen LogP contribution >= 0.6 is 0 Å². The van der Waals surface area contributed by atoms with Crippen molar-refractivity contribution in [3.8, 4) is 0 Å². The summed E-state index contributed by atoms with van der Waals surface area (Å²) in [6.45, 7) is 2.61. The second-order valence-electron chi connectivity index (χ2n) is 6.29. The van der Waals surface area contributed by atoms with Crippen LogP contribution in [0.4, 0.5) is 5.69 Å². The Morgan fingerprint density at radius 2 is 1.88 bits per heavy atom. The van der Waals surface area contributed by atoms with Crippen molar-refractivity contribution in [2.45, 2.75) is 13.5 Å². The molecule has 0 radical (unpaired) electrons. The zero-order chi connectivity index (χ0) is 17.9. The van der Waals surface area contributed by atoms with Crippen LogP contribution in [0.2, 0.25) is 0 Å². The summed E-state index contributed by atoms with van der Waals surface area (Å²) < 4.78 is 1.64. The van der Waals surface area contributed by atoms with Crippen LogP contribution in [0.5, 0.6) is 0 Å². The van der Waals surface area contributed by atoms with Gasteiger partial charge >= 0.3 is 0 Å². The van der Waals surface area contributed by atoms with Crippen LogP contribution in [0.1, 0.15) is 21.5 Å². The summed E-state index contributed by atoms with van der Waals surface area (Å²) in [4.78, 5) is 17.4. The molecule has 0 aliphatic heterocycles. The van der Waals surface area contributed by atoms with Crippen LogP contribution < -0.4 is 5.32 Å². The van der Waals surface area contributed by atoms with Gasteiger partial charge in [-0.05, 0) is 48.9 Å². The zero-order valence-corrected chi connectivity index (χ0v) is 14.5. The van der Waals surface area contributed by atoms with Crippen molar-refractivity contribution in [3.63, 3.8) is 0 Å². The number of pyridine rings is 1. The summed E-state index contributed by atoms with van der Waals surface area (Å²) in [6, 6.07) is 21.6. The number of rotatable bonds is 4. The highest BCUT2D eigenvalue weighted by molar-refractivity contribution is 6.02. The number of carbonyl (C=O) groups is 1. The summed E-state index contributed by atoms with van der Waals surface area (Å²) in [5.74, 6) is -0.0663. The molecule has 0 fully saturated rings. The Hall–Kier alpha value is -3.40. The molecule has 26 heavy (non-hydrogen) atoms. The third kappa shape index (κ3) is 3.09. The van der Waals surface area contributed by atoms with Crippen LogP contribution in [0, 0.1) is 6.92 Å². The molecule has 1 N–H and O–H groups in total. The van der Waals surface area contributed by atoms with E-state index < -0.39 is 0 Å². The van der Waals surface area contributed by atoms with Gasteiger partial charge in [0.25, 0.3) is 5.91 Å². The van der Waals surface area contributed by atoms with E-state index in [0.717, 1.165) is 22.2 Å². The van der Waals surface area contributed by atoms with Crippen molar-refractivity contribution in [1.29, 1.82) is 0 Å². The van der Waals surface area contributed by atoms with Gasteiger partial charge in [-0.2, -0.15) is 0 Å². The van der Waals surface area contributed by atoms with Crippen LogP contribution in [-0.2, 0) is 6.54 Å². The molecule has 2 aromatic carbocycles. The number of hydrogen-bond acceptors (Lipinski definition) is 3. The maximum Gasteiger partial charge on any atom is 0.263 e. The Morgan fingerprint density at radius 3 is 2.69 bits per heavy atom. The molecule has 4 rings (SSSR count). The molecule has 0 unspecified atom stereocenters. The Balaban J connectivity index is 1.71. The number of carbonyl (C=O) groups excluding carboxylic acids is 1. The number of aromatic nitrogens is 2. The van der Waals surface area contributed by atoms with Crippen LogP contribution in [0.3, 0.4) is 0 Å². The number of aryl methyl sites for hydroxylation is 1. The van der Waals surface area contributed by atoms with Crippen molar-refractivity contribution in [1.82, 2.24) is 9.55 Å². The predicted octanol–water partition coefficient (Wildman–Crippen LogP) is 4.65. The summed E-state index contributed by atoms with van der Waals surface area (Å²) in [5, 5.41) is 4.39. The second-order valence-corrected chi connectivity index (χ2v) is 6.29. The van der Waals surface area contributed by atoms with E-state index in [1.54, 1.807) is 10.8 Å². The van der Waals surface area contributed by atoms with Gasteiger partial charge in [-0.3, -0.25) is 9.36 Å². The predicted molar refractivity (Wildman–Crippen MR) is 104 cm³/mol. The smallest absolute Gasteiger partial charge is 0.263 e. The zero-order valence-electron chi connectivity index (χ0n) is 14.5. The van der Waals surface area contributed by atoms with E-state index in [1.165, 1.54) is 0 Å². The summed E-state index contributed by atoms with van der Waals surface area (Å²) in [7, 11) is 0. The first-order valence-electron chi connectivity index (χ1n) is 8.57. The molecular formula is C22H19N3O. The fourth-order valence-corrected chi connectivity index (χ4v) is 3.09. The Kier molecular flexibility index (Phi) is 4.23. The van der Waals surface area contributed by atoms with Crippen LogP contribution in [0.25, 0.3) is 11.0 Å². The summed E-state index contributed by atoms with van der Waals surface area (Å²) >= 11 is 0. The third-order valence-electron chi connectivity index (χ3n) is 4.39. The topological polar surface area (TPSA) is 46.9 Å². The molecule has 2 aromatic heterocycles. The van der Waals surface area contributed by atoms with E-state index in [9.17, 15) is 4.79 Å². The highest BCUT2D eigenvalue weighted by atomic mass is 16.2. The van der Waals surface area contributed by atoms with Gasteiger partial charge in [-0.25, -0.2) is 4.98 Å². The SMILES string of the molecule is Cc1cccc(C(=O)n2cc(CNc3ccccc3)c3cccnc32)c1. The molecule has 0 saturated carbocycles. The fraction of sp³-hybridized carbons (Fsp3) is 0.0909. The number of anilines is 1. The average molecular weight is 341 g/mol. The quantitative estimate of drug-likeness (QED) is 0.588.